The molecule has 0 heterocycles. The van der Waals surface area contributed by atoms with Crippen molar-refractivity contribution in [1.29, 1.82) is 0 Å². The van der Waals surface area contributed by atoms with Crippen LogP contribution in [0.3, 0.4) is 0 Å². The lowest BCUT2D eigenvalue weighted by Gasteiger charge is -2.06. The Balaban J connectivity index is 2.77. The Morgan fingerprint density at radius 3 is 2.33 bits per heavy atom. The van der Waals surface area contributed by atoms with Gasteiger partial charge in [-0.1, -0.05) is 33.6 Å². The SMILES string of the molecule is CC(C)=C(Br)c1ccc(OCCO)cc1. The molecule has 1 rings (SSSR count). The van der Waals surface area contributed by atoms with Gasteiger partial charge in [0.25, 0.3) is 0 Å². The van der Waals surface area contributed by atoms with Gasteiger partial charge in [0.2, 0.25) is 0 Å². The third kappa shape index (κ3) is 3.68. The molecular weight excluding hydrogens is 256 g/mol. The van der Waals surface area contributed by atoms with Gasteiger partial charge >= 0.3 is 0 Å². The second-order valence-corrected chi connectivity index (χ2v) is 4.20. The average molecular weight is 271 g/mol. The molecule has 1 aromatic rings. The zero-order chi connectivity index (χ0) is 11.3. The summed E-state index contributed by atoms with van der Waals surface area (Å²) in [6.45, 7) is 4.49. The van der Waals surface area contributed by atoms with Crippen LogP contribution in [-0.2, 0) is 0 Å². The molecule has 0 aliphatic heterocycles. The van der Waals surface area contributed by atoms with Crippen LogP contribution in [-0.4, -0.2) is 18.3 Å². The third-order valence-electron chi connectivity index (χ3n) is 1.91. The molecule has 0 aliphatic rings. The van der Waals surface area contributed by atoms with Crippen LogP contribution in [0.25, 0.3) is 4.48 Å². The molecule has 2 nitrogen and oxygen atoms in total. The Bertz CT molecular complexity index is 337. The minimum atomic E-state index is 0.0411. The molecule has 0 spiro atoms. The molecule has 82 valence electrons. The molecular formula is C12H15BrO2. The number of halogens is 1. The van der Waals surface area contributed by atoms with Crippen molar-refractivity contribution in [3.05, 3.63) is 35.4 Å². The van der Waals surface area contributed by atoms with Gasteiger partial charge < -0.3 is 9.84 Å². The average Bonchev–Trinajstić information content (AvgIpc) is 2.26. The normalized spacial score (nSPS) is 9.87. The largest absolute Gasteiger partial charge is 0.491 e. The fraction of sp³-hybridized carbons (Fsp3) is 0.333. The molecule has 0 saturated carbocycles. The Morgan fingerprint density at radius 1 is 1.27 bits per heavy atom. The van der Waals surface area contributed by atoms with Crippen molar-refractivity contribution in [2.75, 3.05) is 13.2 Å². The summed E-state index contributed by atoms with van der Waals surface area (Å²) in [6, 6.07) is 7.78. The maximum atomic E-state index is 8.60. The molecule has 0 amide bonds. The van der Waals surface area contributed by atoms with Crippen molar-refractivity contribution in [2.24, 2.45) is 0 Å². The smallest absolute Gasteiger partial charge is 0.119 e. The first-order valence-corrected chi connectivity index (χ1v) is 5.61. The van der Waals surface area contributed by atoms with E-state index in [-0.39, 0.29) is 6.61 Å². The molecule has 0 saturated heterocycles. The summed E-state index contributed by atoms with van der Waals surface area (Å²) < 4.78 is 6.38. The second-order valence-electron chi connectivity index (χ2n) is 3.41. The minimum Gasteiger partial charge on any atom is -0.491 e. The first-order valence-electron chi connectivity index (χ1n) is 4.82. The molecule has 0 radical (unpaired) electrons. The maximum absolute atomic E-state index is 8.60. The standard InChI is InChI=1S/C12H15BrO2/c1-9(2)12(13)10-3-5-11(6-4-10)15-8-7-14/h3-6,14H,7-8H2,1-2H3. The quantitative estimate of drug-likeness (QED) is 0.911. The molecule has 0 unspecified atom stereocenters. The van der Waals surface area contributed by atoms with Crippen LogP contribution in [0.4, 0.5) is 0 Å². The summed E-state index contributed by atoms with van der Waals surface area (Å²) in [5, 5.41) is 8.60. The lowest BCUT2D eigenvalue weighted by atomic mass is 10.1. The van der Waals surface area contributed by atoms with Crippen molar-refractivity contribution in [3.8, 4) is 5.75 Å². The van der Waals surface area contributed by atoms with Gasteiger partial charge in [-0.05, 0) is 31.5 Å². The topological polar surface area (TPSA) is 29.5 Å². The fourth-order valence-corrected chi connectivity index (χ4v) is 1.41. The van der Waals surface area contributed by atoms with Crippen molar-refractivity contribution in [3.63, 3.8) is 0 Å². The van der Waals surface area contributed by atoms with E-state index in [1.54, 1.807) is 0 Å². The predicted molar refractivity (Wildman–Crippen MR) is 66.2 cm³/mol. The first kappa shape index (κ1) is 12.3. The highest BCUT2D eigenvalue weighted by molar-refractivity contribution is 9.15. The summed E-state index contributed by atoms with van der Waals surface area (Å²) in [5.74, 6) is 0.779. The van der Waals surface area contributed by atoms with E-state index in [1.165, 1.54) is 5.57 Å². The highest BCUT2D eigenvalue weighted by atomic mass is 79.9. The van der Waals surface area contributed by atoms with Crippen molar-refractivity contribution in [2.45, 2.75) is 13.8 Å². The van der Waals surface area contributed by atoms with Gasteiger partial charge in [-0.3, -0.25) is 0 Å². The summed E-state index contributed by atoms with van der Waals surface area (Å²) in [5.41, 5.74) is 2.37. The van der Waals surface area contributed by atoms with Crippen molar-refractivity contribution < 1.29 is 9.84 Å². The lowest BCUT2D eigenvalue weighted by Crippen LogP contribution is -2.01. The van der Waals surface area contributed by atoms with E-state index in [4.69, 9.17) is 9.84 Å². The molecule has 1 N–H and O–H groups in total. The van der Waals surface area contributed by atoms with Crippen molar-refractivity contribution >= 4 is 20.4 Å². The molecule has 0 fully saturated rings. The number of benzene rings is 1. The second kappa shape index (κ2) is 5.93. The van der Waals surface area contributed by atoms with E-state index < -0.39 is 0 Å². The Morgan fingerprint density at radius 2 is 1.87 bits per heavy atom. The lowest BCUT2D eigenvalue weighted by molar-refractivity contribution is 0.201. The van der Waals surface area contributed by atoms with Crippen LogP contribution in [0.15, 0.2) is 29.8 Å². The molecule has 0 bridgehead atoms. The molecule has 0 aromatic heterocycles. The monoisotopic (exact) mass is 270 g/mol. The highest BCUT2D eigenvalue weighted by Crippen LogP contribution is 2.26. The number of ether oxygens (including phenoxy) is 1. The first-order chi connectivity index (χ1) is 7.15. The molecule has 1 aromatic carbocycles. The van der Waals surface area contributed by atoms with Crippen LogP contribution in [0, 0.1) is 0 Å². The number of hydrogen-bond donors (Lipinski definition) is 1. The summed E-state index contributed by atoms with van der Waals surface area (Å²) in [4.78, 5) is 0. The zero-order valence-electron chi connectivity index (χ0n) is 8.96. The Hall–Kier alpha value is -0.800. The molecule has 0 atom stereocenters. The molecule has 15 heavy (non-hydrogen) atoms. The number of rotatable bonds is 4. The van der Waals surface area contributed by atoms with Gasteiger partial charge in [0, 0.05) is 4.48 Å². The van der Waals surface area contributed by atoms with Crippen molar-refractivity contribution in [1.82, 2.24) is 0 Å². The zero-order valence-corrected chi connectivity index (χ0v) is 10.5. The maximum Gasteiger partial charge on any atom is 0.119 e. The summed E-state index contributed by atoms with van der Waals surface area (Å²) in [6.07, 6.45) is 0. The van der Waals surface area contributed by atoms with Crippen LogP contribution in [0.5, 0.6) is 5.75 Å². The van der Waals surface area contributed by atoms with Gasteiger partial charge in [-0.2, -0.15) is 0 Å². The van der Waals surface area contributed by atoms with E-state index >= 15 is 0 Å². The number of aliphatic hydroxyl groups excluding tert-OH is 1. The van der Waals surface area contributed by atoms with Gasteiger partial charge in [0.05, 0.1) is 6.61 Å². The minimum absolute atomic E-state index is 0.0411. The summed E-state index contributed by atoms with van der Waals surface area (Å²) >= 11 is 3.53. The van der Waals surface area contributed by atoms with E-state index in [0.717, 1.165) is 15.8 Å². The summed E-state index contributed by atoms with van der Waals surface area (Å²) in [7, 11) is 0. The van der Waals surface area contributed by atoms with E-state index in [2.05, 4.69) is 29.8 Å². The van der Waals surface area contributed by atoms with Crippen LogP contribution >= 0.6 is 15.9 Å². The number of allylic oxidation sites excluding steroid dienone is 1. The fourth-order valence-electron chi connectivity index (χ4n) is 1.15. The van der Waals surface area contributed by atoms with Gasteiger partial charge in [-0.15, -0.1) is 0 Å². The Labute approximate surface area is 98.7 Å². The van der Waals surface area contributed by atoms with Gasteiger partial charge in [0.1, 0.15) is 12.4 Å². The van der Waals surface area contributed by atoms with E-state index in [0.29, 0.717) is 6.61 Å². The highest BCUT2D eigenvalue weighted by Gasteiger charge is 2.00. The number of aliphatic hydroxyl groups is 1. The van der Waals surface area contributed by atoms with E-state index in [1.807, 2.05) is 24.3 Å². The molecule has 0 aliphatic carbocycles. The van der Waals surface area contributed by atoms with Gasteiger partial charge in [-0.25, -0.2) is 0 Å². The molecule has 3 heteroatoms. The van der Waals surface area contributed by atoms with Gasteiger partial charge in [0.15, 0.2) is 0 Å². The Kier molecular flexibility index (Phi) is 4.85. The predicted octanol–water partition coefficient (Wildman–Crippen LogP) is 3.20. The van der Waals surface area contributed by atoms with Crippen LogP contribution in [0.2, 0.25) is 0 Å². The van der Waals surface area contributed by atoms with Crippen LogP contribution in [0.1, 0.15) is 19.4 Å². The third-order valence-corrected chi connectivity index (χ3v) is 3.16. The number of hydrogen-bond acceptors (Lipinski definition) is 2. The van der Waals surface area contributed by atoms with E-state index in [9.17, 15) is 0 Å². The van der Waals surface area contributed by atoms with Crippen LogP contribution < -0.4 is 4.74 Å².